The molecule has 2 rings (SSSR count). The number of Topliss-reactive ketones (excluding diaryl/α,β-unsaturated/α-hetero) is 1. The molecule has 0 spiro atoms. The monoisotopic (exact) mass is 283 g/mol. The highest BCUT2D eigenvalue weighted by Gasteiger charge is 2.27. The van der Waals surface area contributed by atoms with E-state index in [-0.39, 0.29) is 22.1 Å². The van der Waals surface area contributed by atoms with Crippen LogP contribution in [0.4, 0.5) is 5.69 Å². The van der Waals surface area contributed by atoms with Gasteiger partial charge >= 0.3 is 5.69 Å². The summed E-state index contributed by atoms with van der Waals surface area (Å²) >= 11 is 5.66. The Hall–Kier alpha value is -2.48. The lowest BCUT2D eigenvalue weighted by atomic mass is 10.2. The standard InChI is InChI=1S/C10H6ClN3O5/c1-5(15)9-10(16)19-12-13(9)6-2-3-7(11)8(4-6)14(17)18/h2-4H,1H3. The lowest BCUT2D eigenvalue weighted by molar-refractivity contribution is -0.672. The Morgan fingerprint density at radius 1 is 1.53 bits per heavy atom. The van der Waals surface area contributed by atoms with E-state index in [1.165, 1.54) is 12.1 Å². The molecule has 0 saturated heterocycles. The minimum absolute atomic E-state index is 0.0652. The van der Waals surface area contributed by atoms with E-state index in [0.29, 0.717) is 0 Å². The van der Waals surface area contributed by atoms with E-state index in [2.05, 4.69) is 9.79 Å². The minimum atomic E-state index is -0.912. The van der Waals surface area contributed by atoms with Gasteiger partial charge in [0.2, 0.25) is 11.5 Å². The second-order valence-electron chi connectivity index (χ2n) is 3.57. The Morgan fingerprint density at radius 3 is 2.79 bits per heavy atom. The predicted molar refractivity (Wildman–Crippen MR) is 59.1 cm³/mol. The van der Waals surface area contributed by atoms with Crippen LogP contribution < -0.4 is 9.79 Å². The number of rotatable bonds is 3. The summed E-state index contributed by atoms with van der Waals surface area (Å²) in [5.74, 6) is -1.48. The van der Waals surface area contributed by atoms with Gasteiger partial charge in [-0.1, -0.05) is 11.6 Å². The zero-order valence-electron chi connectivity index (χ0n) is 9.49. The topological polar surface area (TPSA) is 113 Å². The number of nitro benzene ring substituents is 1. The third kappa shape index (κ3) is 2.25. The van der Waals surface area contributed by atoms with Crippen LogP contribution in [0.3, 0.4) is 0 Å². The number of nitrogens with zero attached hydrogens (tertiary/aromatic N) is 3. The molecule has 0 bridgehead atoms. The number of ketones is 1. The second-order valence-corrected chi connectivity index (χ2v) is 3.98. The van der Waals surface area contributed by atoms with Crippen LogP contribution in [0.15, 0.2) is 22.7 Å². The van der Waals surface area contributed by atoms with Gasteiger partial charge in [-0.15, -0.1) is 0 Å². The SMILES string of the molecule is CC(=O)c1c([O-])on[n+]1-c1ccc(Cl)c([N+](=O)[O-])c1. The molecule has 98 valence electrons. The maximum absolute atomic E-state index is 11.3. The van der Waals surface area contributed by atoms with Crippen molar-refractivity contribution in [3.05, 3.63) is 39.0 Å². The van der Waals surface area contributed by atoms with Crippen molar-refractivity contribution in [2.45, 2.75) is 6.92 Å². The molecule has 0 atom stereocenters. The van der Waals surface area contributed by atoms with E-state index < -0.39 is 16.7 Å². The zero-order valence-corrected chi connectivity index (χ0v) is 10.2. The van der Waals surface area contributed by atoms with E-state index in [4.69, 9.17) is 11.6 Å². The molecule has 0 aliphatic rings. The Bertz CT molecular complexity index is 682. The summed E-state index contributed by atoms with van der Waals surface area (Å²) in [6.07, 6.45) is 0. The van der Waals surface area contributed by atoms with Crippen LogP contribution in [0.1, 0.15) is 17.4 Å². The third-order valence-corrected chi connectivity index (χ3v) is 2.63. The number of hydrogen-bond donors (Lipinski definition) is 0. The van der Waals surface area contributed by atoms with Crippen molar-refractivity contribution in [3.63, 3.8) is 0 Å². The maximum Gasteiger partial charge on any atom is 0.305 e. The van der Waals surface area contributed by atoms with Crippen LogP contribution in [0.5, 0.6) is 5.95 Å². The highest BCUT2D eigenvalue weighted by Crippen LogP contribution is 2.25. The van der Waals surface area contributed by atoms with Crippen LogP contribution in [0.2, 0.25) is 5.02 Å². The summed E-state index contributed by atoms with van der Waals surface area (Å²) in [5, 5.41) is 25.4. The van der Waals surface area contributed by atoms with Gasteiger partial charge in [0.15, 0.2) is 5.95 Å². The number of hydrogen-bond acceptors (Lipinski definition) is 6. The fourth-order valence-electron chi connectivity index (χ4n) is 1.49. The van der Waals surface area contributed by atoms with Crippen molar-refractivity contribution < 1.29 is 24.0 Å². The summed E-state index contributed by atoms with van der Waals surface area (Å²) in [6.45, 7) is 1.16. The summed E-state index contributed by atoms with van der Waals surface area (Å²) in [5.41, 5.74) is -0.555. The number of nitro groups is 1. The summed E-state index contributed by atoms with van der Waals surface area (Å²) in [6, 6.07) is 3.74. The van der Waals surface area contributed by atoms with Crippen LogP contribution in [0.25, 0.3) is 5.69 Å². The van der Waals surface area contributed by atoms with Gasteiger partial charge in [-0.05, 0) is 10.7 Å². The molecular weight excluding hydrogens is 278 g/mol. The molecule has 0 unspecified atom stereocenters. The van der Waals surface area contributed by atoms with E-state index in [0.717, 1.165) is 17.7 Å². The molecule has 0 amide bonds. The van der Waals surface area contributed by atoms with Crippen molar-refractivity contribution in [3.8, 4) is 11.6 Å². The van der Waals surface area contributed by atoms with Crippen molar-refractivity contribution in [1.82, 2.24) is 5.27 Å². The van der Waals surface area contributed by atoms with Crippen molar-refractivity contribution >= 4 is 23.1 Å². The van der Waals surface area contributed by atoms with Crippen LogP contribution in [-0.2, 0) is 0 Å². The molecule has 2 aromatic rings. The predicted octanol–water partition coefficient (Wildman–Crippen LogP) is 0.789. The number of benzene rings is 1. The molecule has 0 fully saturated rings. The van der Waals surface area contributed by atoms with Gasteiger partial charge in [0, 0.05) is 13.0 Å². The third-order valence-electron chi connectivity index (χ3n) is 2.32. The Morgan fingerprint density at radius 2 is 2.21 bits per heavy atom. The van der Waals surface area contributed by atoms with Crippen LogP contribution in [0, 0.1) is 10.1 Å². The largest absolute Gasteiger partial charge is 0.539 e. The van der Waals surface area contributed by atoms with Gasteiger partial charge < -0.3 is 9.63 Å². The van der Waals surface area contributed by atoms with Crippen LogP contribution >= 0.6 is 11.6 Å². The van der Waals surface area contributed by atoms with Crippen molar-refractivity contribution in [2.75, 3.05) is 0 Å². The molecule has 0 aliphatic heterocycles. The number of aromatic nitrogens is 2. The molecule has 0 N–H and O–H groups in total. The molecule has 1 aromatic carbocycles. The van der Waals surface area contributed by atoms with Crippen molar-refractivity contribution in [1.29, 1.82) is 0 Å². The first-order valence-electron chi connectivity index (χ1n) is 4.96. The van der Waals surface area contributed by atoms with Gasteiger partial charge in [-0.25, -0.2) is 0 Å². The highest BCUT2D eigenvalue weighted by molar-refractivity contribution is 6.32. The normalized spacial score (nSPS) is 10.4. The summed E-state index contributed by atoms with van der Waals surface area (Å²) < 4.78 is 5.27. The average molecular weight is 284 g/mol. The molecule has 1 heterocycles. The minimum Gasteiger partial charge on any atom is -0.539 e. The van der Waals surface area contributed by atoms with Crippen molar-refractivity contribution in [2.24, 2.45) is 0 Å². The average Bonchev–Trinajstić information content (AvgIpc) is 2.71. The fraction of sp³-hybridized carbons (Fsp3) is 0.100. The van der Waals surface area contributed by atoms with E-state index in [1.54, 1.807) is 0 Å². The first-order valence-corrected chi connectivity index (χ1v) is 5.34. The maximum atomic E-state index is 11.3. The Balaban J connectivity index is 2.63. The van der Waals surface area contributed by atoms with Gasteiger partial charge in [0.05, 0.1) is 16.3 Å². The molecule has 0 aliphatic carbocycles. The van der Waals surface area contributed by atoms with Crippen LogP contribution in [-0.4, -0.2) is 16.0 Å². The Kier molecular flexibility index (Phi) is 3.17. The zero-order chi connectivity index (χ0) is 14.2. The van der Waals surface area contributed by atoms with E-state index in [9.17, 15) is 20.0 Å². The summed E-state index contributed by atoms with van der Waals surface area (Å²) in [4.78, 5) is 21.4. The smallest absolute Gasteiger partial charge is 0.305 e. The first kappa shape index (κ1) is 13.0. The van der Waals surface area contributed by atoms with Gasteiger partial charge in [0.1, 0.15) is 5.02 Å². The van der Waals surface area contributed by atoms with Gasteiger partial charge in [0.25, 0.3) is 5.69 Å². The second kappa shape index (κ2) is 4.65. The lowest BCUT2D eigenvalue weighted by Gasteiger charge is -1.96. The lowest BCUT2D eigenvalue weighted by Crippen LogP contribution is -2.38. The fourth-order valence-corrected chi connectivity index (χ4v) is 1.68. The van der Waals surface area contributed by atoms with E-state index >= 15 is 0 Å². The molecule has 0 saturated carbocycles. The number of carbonyl (C=O) groups excluding carboxylic acids is 1. The quantitative estimate of drug-likeness (QED) is 0.356. The summed E-state index contributed by atoms with van der Waals surface area (Å²) in [7, 11) is 0. The molecule has 1 aromatic heterocycles. The molecule has 9 heteroatoms. The number of carbonyl (C=O) groups is 1. The van der Waals surface area contributed by atoms with Gasteiger partial charge in [-0.3, -0.25) is 14.9 Å². The highest BCUT2D eigenvalue weighted by atomic mass is 35.5. The van der Waals surface area contributed by atoms with E-state index in [1.807, 2.05) is 0 Å². The molecule has 0 radical (unpaired) electrons. The van der Waals surface area contributed by atoms with Gasteiger partial charge in [-0.2, -0.15) is 0 Å². The molecule has 19 heavy (non-hydrogen) atoms. The first-order chi connectivity index (χ1) is 8.91. The Labute approximate surface area is 110 Å². The number of halogens is 1. The molecule has 8 nitrogen and oxygen atoms in total. The molecular formula is C10H6ClN3O5.